The number of hydrogen-bond donors (Lipinski definition) is 0. The topological polar surface area (TPSA) is 36.0 Å². The number of piperazine rings is 1. The van der Waals surface area contributed by atoms with E-state index in [0.717, 1.165) is 65.3 Å². The highest BCUT2D eigenvalue weighted by Crippen LogP contribution is 2.16. The van der Waals surface area contributed by atoms with Gasteiger partial charge in [-0.25, -0.2) is 0 Å². The second-order valence-electron chi connectivity index (χ2n) is 8.43. The summed E-state index contributed by atoms with van der Waals surface area (Å²) in [4.78, 5) is 19.8. The summed E-state index contributed by atoms with van der Waals surface area (Å²) in [6.45, 7) is 7.39. The van der Waals surface area contributed by atoms with Crippen molar-refractivity contribution in [3.8, 4) is 0 Å². The lowest BCUT2D eigenvalue weighted by molar-refractivity contribution is -0.134. The molecule has 2 fully saturated rings. The molecule has 2 heterocycles. The molecular weight excluding hydrogens is 374 g/mol. The van der Waals surface area contributed by atoms with Gasteiger partial charge in [0.2, 0.25) is 5.91 Å². The zero-order chi connectivity index (χ0) is 20.6. The largest absolute Gasteiger partial charge is 0.377 e. The molecule has 0 bridgehead atoms. The lowest BCUT2D eigenvalue weighted by Crippen LogP contribution is -2.51. The van der Waals surface area contributed by atoms with E-state index in [-0.39, 0.29) is 12.0 Å². The minimum atomic E-state index is 0.239. The summed E-state index contributed by atoms with van der Waals surface area (Å²) >= 11 is 0. The van der Waals surface area contributed by atoms with Gasteiger partial charge >= 0.3 is 0 Å². The normalized spacial score (nSPS) is 20.0. The molecule has 0 spiro atoms. The molecule has 5 nitrogen and oxygen atoms in total. The SMILES string of the molecule is O=C(CN(Cc1ccccc1)CC1CCCO1)N1CCN(Cc2ccccc2)CC1. The van der Waals surface area contributed by atoms with Crippen molar-refractivity contribution in [3.63, 3.8) is 0 Å². The number of hydrogen-bond acceptors (Lipinski definition) is 4. The van der Waals surface area contributed by atoms with E-state index in [1.165, 1.54) is 11.1 Å². The molecule has 0 radical (unpaired) electrons. The van der Waals surface area contributed by atoms with Crippen LogP contribution in [0.5, 0.6) is 0 Å². The smallest absolute Gasteiger partial charge is 0.236 e. The Kier molecular flexibility index (Phi) is 7.51. The number of carbonyl (C=O) groups is 1. The van der Waals surface area contributed by atoms with E-state index < -0.39 is 0 Å². The van der Waals surface area contributed by atoms with Crippen LogP contribution in [0.25, 0.3) is 0 Å². The van der Waals surface area contributed by atoms with Crippen molar-refractivity contribution in [2.75, 3.05) is 45.9 Å². The third-order valence-corrected chi connectivity index (χ3v) is 6.07. The molecule has 160 valence electrons. The van der Waals surface area contributed by atoms with E-state index in [0.29, 0.717) is 6.54 Å². The fourth-order valence-corrected chi connectivity index (χ4v) is 4.39. The van der Waals surface area contributed by atoms with Crippen LogP contribution in [0.2, 0.25) is 0 Å². The first-order valence-corrected chi connectivity index (χ1v) is 11.2. The first-order valence-electron chi connectivity index (χ1n) is 11.2. The zero-order valence-electron chi connectivity index (χ0n) is 17.8. The molecule has 2 saturated heterocycles. The minimum Gasteiger partial charge on any atom is -0.377 e. The van der Waals surface area contributed by atoms with E-state index in [1.54, 1.807) is 0 Å². The van der Waals surface area contributed by atoms with Crippen LogP contribution in [0.4, 0.5) is 0 Å². The van der Waals surface area contributed by atoms with Gasteiger partial charge in [-0.1, -0.05) is 60.7 Å². The first kappa shape index (κ1) is 21.0. The van der Waals surface area contributed by atoms with Gasteiger partial charge in [0.25, 0.3) is 0 Å². The molecule has 0 N–H and O–H groups in total. The van der Waals surface area contributed by atoms with Crippen LogP contribution in [0.1, 0.15) is 24.0 Å². The Morgan fingerprint density at radius 1 is 0.933 bits per heavy atom. The van der Waals surface area contributed by atoms with Crippen LogP contribution in [-0.2, 0) is 22.6 Å². The van der Waals surface area contributed by atoms with Gasteiger partial charge in [-0.3, -0.25) is 14.6 Å². The van der Waals surface area contributed by atoms with Crippen LogP contribution in [0.3, 0.4) is 0 Å². The summed E-state index contributed by atoms with van der Waals surface area (Å²) in [7, 11) is 0. The molecule has 0 aromatic heterocycles. The van der Waals surface area contributed by atoms with Crippen molar-refractivity contribution in [1.82, 2.24) is 14.7 Å². The fourth-order valence-electron chi connectivity index (χ4n) is 4.39. The van der Waals surface area contributed by atoms with E-state index in [1.807, 2.05) is 11.0 Å². The predicted molar refractivity (Wildman–Crippen MR) is 119 cm³/mol. The molecule has 2 aliphatic heterocycles. The predicted octanol–water partition coefficient (Wildman–Crippen LogP) is 3.01. The summed E-state index contributed by atoms with van der Waals surface area (Å²) in [5.74, 6) is 0.239. The maximum absolute atomic E-state index is 13.1. The average molecular weight is 408 g/mol. The van der Waals surface area contributed by atoms with Crippen LogP contribution in [0, 0.1) is 0 Å². The summed E-state index contributed by atoms with van der Waals surface area (Å²) < 4.78 is 5.85. The Hall–Kier alpha value is -2.21. The monoisotopic (exact) mass is 407 g/mol. The van der Waals surface area contributed by atoms with E-state index in [4.69, 9.17) is 4.74 Å². The molecular formula is C25H33N3O2. The van der Waals surface area contributed by atoms with Gasteiger partial charge in [0.05, 0.1) is 12.6 Å². The van der Waals surface area contributed by atoms with Gasteiger partial charge in [0.15, 0.2) is 0 Å². The molecule has 1 unspecified atom stereocenters. The average Bonchev–Trinajstić information content (AvgIpc) is 3.29. The number of ether oxygens (including phenoxy) is 1. The molecule has 30 heavy (non-hydrogen) atoms. The van der Waals surface area contributed by atoms with Gasteiger partial charge in [0, 0.05) is 52.4 Å². The highest BCUT2D eigenvalue weighted by Gasteiger charge is 2.25. The molecule has 4 rings (SSSR count). The van der Waals surface area contributed by atoms with Crippen molar-refractivity contribution in [1.29, 1.82) is 0 Å². The lowest BCUT2D eigenvalue weighted by atomic mass is 10.1. The maximum Gasteiger partial charge on any atom is 0.236 e. The second-order valence-corrected chi connectivity index (χ2v) is 8.43. The highest BCUT2D eigenvalue weighted by molar-refractivity contribution is 5.78. The van der Waals surface area contributed by atoms with Gasteiger partial charge in [-0.15, -0.1) is 0 Å². The summed E-state index contributed by atoms with van der Waals surface area (Å²) in [6, 6.07) is 21.0. The molecule has 1 atom stereocenters. The van der Waals surface area contributed by atoms with Crippen molar-refractivity contribution >= 4 is 5.91 Å². The van der Waals surface area contributed by atoms with Gasteiger partial charge in [0.1, 0.15) is 0 Å². The zero-order valence-corrected chi connectivity index (χ0v) is 17.8. The first-order chi connectivity index (χ1) is 14.8. The van der Waals surface area contributed by atoms with Crippen molar-refractivity contribution in [2.45, 2.75) is 32.0 Å². The van der Waals surface area contributed by atoms with Crippen molar-refractivity contribution in [2.24, 2.45) is 0 Å². The number of rotatable bonds is 8. The van der Waals surface area contributed by atoms with Gasteiger partial charge < -0.3 is 9.64 Å². The Morgan fingerprint density at radius 3 is 2.23 bits per heavy atom. The summed E-state index contributed by atoms with van der Waals surface area (Å²) in [6.07, 6.45) is 2.47. The number of benzene rings is 2. The molecule has 0 aliphatic carbocycles. The Morgan fingerprint density at radius 2 is 1.60 bits per heavy atom. The van der Waals surface area contributed by atoms with Gasteiger partial charge in [-0.2, -0.15) is 0 Å². The Bertz CT molecular complexity index is 769. The van der Waals surface area contributed by atoms with Crippen LogP contribution in [0.15, 0.2) is 60.7 Å². The molecule has 1 amide bonds. The molecule has 2 aromatic rings. The van der Waals surface area contributed by atoms with Crippen molar-refractivity contribution in [3.05, 3.63) is 71.8 Å². The Labute approximate surface area is 180 Å². The quantitative estimate of drug-likeness (QED) is 0.674. The number of amides is 1. The summed E-state index contributed by atoms with van der Waals surface area (Å²) in [5.41, 5.74) is 2.58. The molecule has 2 aliphatic rings. The second kappa shape index (κ2) is 10.7. The minimum absolute atomic E-state index is 0.239. The number of carbonyl (C=O) groups excluding carboxylic acids is 1. The lowest BCUT2D eigenvalue weighted by Gasteiger charge is -2.36. The van der Waals surface area contributed by atoms with Crippen LogP contribution in [-0.4, -0.2) is 72.6 Å². The van der Waals surface area contributed by atoms with Crippen LogP contribution >= 0.6 is 0 Å². The van der Waals surface area contributed by atoms with E-state index in [2.05, 4.69) is 64.4 Å². The number of nitrogens with zero attached hydrogens (tertiary/aromatic N) is 3. The molecule has 2 aromatic carbocycles. The van der Waals surface area contributed by atoms with Crippen molar-refractivity contribution < 1.29 is 9.53 Å². The fraction of sp³-hybridized carbons (Fsp3) is 0.480. The third-order valence-electron chi connectivity index (χ3n) is 6.07. The maximum atomic E-state index is 13.1. The van der Waals surface area contributed by atoms with E-state index in [9.17, 15) is 4.79 Å². The standard InChI is InChI=1S/C25H33N3O2/c29-25(28-15-13-26(14-16-28)18-22-8-3-1-4-9-22)21-27(20-24-12-7-17-30-24)19-23-10-5-2-6-11-23/h1-6,8-11,24H,7,12-21H2. The van der Waals surface area contributed by atoms with E-state index >= 15 is 0 Å². The highest BCUT2D eigenvalue weighted by atomic mass is 16.5. The molecule has 5 heteroatoms. The summed E-state index contributed by atoms with van der Waals surface area (Å²) in [5, 5.41) is 0. The Balaban J connectivity index is 1.29. The molecule has 0 saturated carbocycles. The van der Waals surface area contributed by atoms with Gasteiger partial charge in [-0.05, 0) is 24.0 Å². The van der Waals surface area contributed by atoms with Crippen LogP contribution < -0.4 is 0 Å². The third kappa shape index (κ3) is 6.14.